The quantitative estimate of drug-likeness (QED) is 0.894. The Bertz CT molecular complexity index is 813. The van der Waals surface area contributed by atoms with Crippen molar-refractivity contribution in [3.63, 3.8) is 0 Å². The first-order chi connectivity index (χ1) is 12.5. The lowest BCUT2D eigenvalue weighted by Gasteiger charge is -2.39. The number of methoxy groups -OCH3 is 1. The van der Waals surface area contributed by atoms with E-state index in [4.69, 9.17) is 4.74 Å². The molecule has 0 atom stereocenters. The number of likely N-dealkylation sites (tertiary alicyclic amines) is 1. The minimum atomic E-state index is -0.105. The fourth-order valence-electron chi connectivity index (χ4n) is 3.21. The van der Waals surface area contributed by atoms with Crippen LogP contribution < -0.4 is 10.1 Å². The molecule has 0 aromatic heterocycles. The second kappa shape index (κ2) is 7.64. The van der Waals surface area contributed by atoms with Crippen molar-refractivity contribution < 1.29 is 14.3 Å². The molecule has 3 amide bonds. The van der Waals surface area contributed by atoms with Gasteiger partial charge in [0.2, 0.25) is 5.91 Å². The van der Waals surface area contributed by atoms with Crippen molar-refractivity contribution in [1.82, 2.24) is 15.1 Å². The van der Waals surface area contributed by atoms with E-state index in [2.05, 4.69) is 17.4 Å². The number of carbonyl (C=O) groups is 2. The average molecular weight is 355 g/mol. The second-order valence-electron chi connectivity index (χ2n) is 6.82. The summed E-state index contributed by atoms with van der Waals surface area (Å²) in [5.41, 5.74) is 1.18. The van der Waals surface area contributed by atoms with E-state index in [1.807, 2.05) is 24.3 Å². The van der Waals surface area contributed by atoms with Gasteiger partial charge in [0.25, 0.3) is 0 Å². The van der Waals surface area contributed by atoms with Crippen molar-refractivity contribution in [1.29, 1.82) is 0 Å². The Morgan fingerprint density at radius 2 is 2.00 bits per heavy atom. The molecular formula is C20H25N3O3. The number of amides is 3. The maximum absolute atomic E-state index is 12.2. The van der Waals surface area contributed by atoms with Gasteiger partial charge in [-0.1, -0.05) is 24.3 Å². The highest BCUT2D eigenvalue weighted by molar-refractivity contribution is 5.87. The van der Waals surface area contributed by atoms with Crippen LogP contribution in [0.25, 0.3) is 10.8 Å². The van der Waals surface area contributed by atoms with Crippen LogP contribution in [-0.4, -0.2) is 62.6 Å². The first-order valence-corrected chi connectivity index (χ1v) is 8.79. The summed E-state index contributed by atoms with van der Waals surface area (Å²) in [4.78, 5) is 27.2. The van der Waals surface area contributed by atoms with Crippen LogP contribution in [0.1, 0.15) is 5.56 Å². The zero-order valence-corrected chi connectivity index (χ0v) is 15.5. The molecule has 6 heteroatoms. The zero-order chi connectivity index (χ0) is 18.7. The van der Waals surface area contributed by atoms with Crippen molar-refractivity contribution >= 4 is 22.7 Å². The monoisotopic (exact) mass is 355 g/mol. The lowest BCUT2D eigenvalue weighted by molar-refractivity contribution is -0.128. The third-order valence-corrected chi connectivity index (χ3v) is 4.78. The summed E-state index contributed by atoms with van der Waals surface area (Å²) >= 11 is 0. The predicted molar refractivity (Wildman–Crippen MR) is 101 cm³/mol. The highest BCUT2D eigenvalue weighted by Gasteiger charge is 2.36. The molecule has 0 bridgehead atoms. The van der Waals surface area contributed by atoms with Crippen LogP contribution in [0, 0.1) is 5.92 Å². The number of rotatable bonds is 5. The van der Waals surface area contributed by atoms with Crippen LogP contribution in [0.4, 0.5) is 4.79 Å². The van der Waals surface area contributed by atoms with Crippen molar-refractivity contribution in [2.45, 2.75) is 6.42 Å². The summed E-state index contributed by atoms with van der Waals surface area (Å²) in [6, 6.07) is 12.2. The minimum Gasteiger partial charge on any atom is -0.497 e. The maximum Gasteiger partial charge on any atom is 0.319 e. The summed E-state index contributed by atoms with van der Waals surface area (Å²) < 4.78 is 5.31. The van der Waals surface area contributed by atoms with Gasteiger partial charge >= 0.3 is 6.03 Å². The Labute approximate surface area is 153 Å². The maximum atomic E-state index is 12.2. The zero-order valence-electron chi connectivity index (χ0n) is 15.5. The van der Waals surface area contributed by atoms with Crippen LogP contribution in [0.5, 0.6) is 5.75 Å². The van der Waals surface area contributed by atoms with E-state index in [1.165, 1.54) is 10.5 Å². The molecule has 0 unspecified atom stereocenters. The molecule has 3 rings (SSSR count). The molecule has 1 aliphatic heterocycles. The van der Waals surface area contributed by atoms with Crippen LogP contribution in [-0.2, 0) is 11.2 Å². The summed E-state index contributed by atoms with van der Waals surface area (Å²) in [6.07, 6.45) is 0.753. The normalized spacial score (nSPS) is 14.0. The number of nitrogens with one attached hydrogen (secondary N) is 1. The number of urea groups is 1. The number of carbonyl (C=O) groups excluding carboxylic acids is 2. The number of nitrogens with zero attached hydrogens (tertiary/aromatic N) is 2. The first kappa shape index (κ1) is 18.0. The minimum absolute atomic E-state index is 0.0191. The Hall–Kier alpha value is -2.76. The lowest BCUT2D eigenvalue weighted by Crippen LogP contribution is -2.58. The van der Waals surface area contributed by atoms with Gasteiger partial charge in [-0.2, -0.15) is 0 Å². The van der Waals surface area contributed by atoms with Crippen molar-refractivity contribution in [2.75, 3.05) is 40.8 Å². The molecule has 2 aromatic rings. The van der Waals surface area contributed by atoms with Crippen LogP contribution in [0.15, 0.2) is 36.4 Å². The Morgan fingerprint density at radius 1 is 1.23 bits per heavy atom. The smallest absolute Gasteiger partial charge is 0.319 e. The largest absolute Gasteiger partial charge is 0.497 e. The second-order valence-corrected chi connectivity index (χ2v) is 6.82. The molecule has 1 heterocycles. The van der Waals surface area contributed by atoms with E-state index >= 15 is 0 Å². The summed E-state index contributed by atoms with van der Waals surface area (Å²) in [7, 11) is 5.09. The Kier molecular flexibility index (Phi) is 5.30. The SMILES string of the molecule is COc1ccc2cccc(CCNC(=O)C3CN(C(=O)N(C)C)C3)c2c1. The molecule has 1 N–H and O–H groups in total. The molecule has 26 heavy (non-hydrogen) atoms. The fraction of sp³-hybridized carbons (Fsp3) is 0.400. The Morgan fingerprint density at radius 3 is 2.69 bits per heavy atom. The first-order valence-electron chi connectivity index (χ1n) is 8.79. The van der Waals surface area contributed by atoms with Gasteiger partial charge in [0.1, 0.15) is 5.75 Å². The predicted octanol–water partition coefficient (Wildman–Crippen LogP) is 2.12. The van der Waals surface area contributed by atoms with Gasteiger partial charge in [-0.3, -0.25) is 4.79 Å². The number of hydrogen-bond acceptors (Lipinski definition) is 3. The van der Waals surface area contributed by atoms with Gasteiger partial charge in [0.15, 0.2) is 0 Å². The van der Waals surface area contributed by atoms with Gasteiger partial charge in [-0.25, -0.2) is 4.79 Å². The van der Waals surface area contributed by atoms with Crippen molar-refractivity contribution in [3.8, 4) is 5.75 Å². The van der Waals surface area contributed by atoms with Crippen molar-refractivity contribution in [3.05, 3.63) is 42.0 Å². The highest BCUT2D eigenvalue weighted by atomic mass is 16.5. The molecule has 1 saturated heterocycles. The van der Waals surface area contributed by atoms with Gasteiger partial charge in [0, 0.05) is 33.7 Å². The van der Waals surface area contributed by atoms with E-state index in [1.54, 1.807) is 26.1 Å². The summed E-state index contributed by atoms with van der Waals surface area (Å²) in [5, 5.41) is 5.30. The molecule has 2 aromatic carbocycles. The van der Waals surface area contributed by atoms with Crippen LogP contribution in [0.3, 0.4) is 0 Å². The fourth-order valence-corrected chi connectivity index (χ4v) is 3.21. The van der Waals surface area contributed by atoms with Crippen LogP contribution in [0.2, 0.25) is 0 Å². The van der Waals surface area contributed by atoms with E-state index in [0.29, 0.717) is 19.6 Å². The third kappa shape index (κ3) is 3.74. The number of fused-ring (bicyclic) bond motifs is 1. The Balaban J connectivity index is 1.53. The average Bonchev–Trinajstić information content (AvgIpc) is 2.60. The van der Waals surface area contributed by atoms with Gasteiger partial charge < -0.3 is 19.9 Å². The van der Waals surface area contributed by atoms with E-state index in [9.17, 15) is 9.59 Å². The number of ether oxygens (including phenoxy) is 1. The molecule has 1 fully saturated rings. The van der Waals surface area contributed by atoms with E-state index < -0.39 is 0 Å². The molecule has 6 nitrogen and oxygen atoms in total. The lowest BCUT2D eigenvalue weighted by atomic mass is 9.99. The molecular weight excluding hydrogens is 330 g/mol. The number of benzene rings is 2. The highest BCUT2D eigenvalue weighted by Crippen LogP contribution is 2.24. The summed E-state index contributed by atoms with van der Waals surface area (Å²) in [5.74, 6) is 0.742. The molecule has 138 valence electrons. The molecule has 1 aliphatic rings. The van der Waals surface area contributed by atoms with E-state index in [0.717, 1.165) is 22.9 Å². The third-order valence-electron chi connectivity index (χ3n) is 4.78. The number of hydrogen-bond donors (Lipinski definition) is 1. The molecule has 0 saturated carbocycles. The van der Waals surface area contributed by atoms with Crippen molar-refractivity contribution in [2.24, 2.45) is 5.92 Å². The van der Waals surface area contributed by atoms with Gasteiger partial charge in [-0.15, -0.1) is 0 Å². The molecule has 0 aliphatic carbocycles. The van der Waals surface area contributed by atoms with Crippen LogP contribution >= 0.6 is 0 Å². The molecule has 0 spiro atoms. The van der Waals surface area contributed by atoms with Gasteiger partial charge in [0.05, 0.1) is 13.0 Å². The standard InChI is InChI=1S/C20H25N3O3/c1-22(2)20(25)23-12-16(13-23)19(24)21-10-9-15-6-4-5-14-7-8-17(26-3)11-18(14)15/h4-8,11,16H,9-10,12-13H2,1-3H3,(H,21,24). The van der Waals surface area contributed by atoms with E-state index in [-0.39, 0.29) is 17.9 Å². The topological polar surface area (TPSA) is 61.9 Å². The van der Waals surface area contributed by atoms with Gasteiger partial charge in [-0.05, 0) is 34.9 Å². The molecule has 0 radical (unpaired) electrons. The summed E-state index contributed by atoms with van der Waals surface area (Å²) in [6.45, 7) is 1.57.